The molecule has 0 amide bonds. The van der Waals surface area contributed by atoms with E-state index in [0.717, 1.165) is 5.56 Å². The number of rotatable bonds is 2. The Balaban J connectivity index is 2.19. The Labute approximate surface area is 82.4 Å². The summed E-state index contributed by atoms with van der Waals surface area (Å²) < 4.78 is 5.33. The average Bonchev–Trinajstić information content (AvgIpc) is 2.30. The van der Waals surface area contributed by atoms with E-state index in [1.807, 2.05) is 30.3 Å². The van der Waals surface area contributed by atoms with E-state index in [2.05, 4.69) is 5.29 Å². The van der Waals surface area contributed by atoms with Gasteiger partial charge in [0.15, 0.2) is 0 Å². The van der Waals surface area contributed by atoms with Crippen molar-refractivity contribution in [3.05, 3.63) is 40.8 Å². The number of hydrogen-bond acceptors (Lipinski definition) is 3. The third-order valence-electron chi connectivity index (χ3n) is 2.39. The molecule has 0 N–H and O–H groups in total. The molecule has 4 heteroatoms. The molecule has 0 aromatic heterocycles. The van der Waals surface area contributed by atoms with E-state index in [-0.39, 0.29) is 6.04 Å². The van der Waals surface area contributed by atoms with Crippen LogP contribution >= 0.6 is 0 Å². The lowest BCUT2D eigenvalue weighted by molar-refractivity contribution is -0.00830. The van der Waals surface area contributed by atoms with Crippen LogP contribution in [-0.2, 0) is 4.74 Å². The van der Waals surface area contributed by atoms with Crippen LogP contribution in [0, 0.1) is 4.91 Å². The maximum absolute atomic E-state index is 10.6. The van der Waals surface area contributed by atoms with Gasteiger partial charge in [-0.05, 0) is 5.56 Å². The van der Waals surface area contributed by atoms with Gasteiger partial charge >= 0.3 is 0 Å². The monoisotopic (exact) mass is 192 g/mol. The lowest BCUT2D eigenvalue weighted by Gasteiger charge is -2.30. The molecule has 0 bridgehead atoms. The van der Waals surface area contributed by atoms with Gasteiger partial charge in [-0.2, -0.15) is 0 Å². The summed E-state index contributed by atoms with van der Waals surface area (Å²) in [7, 11) is 0. The van der Waals surface area contributed by atoms with Gasteiger partial charge in [0, 0.05) is 0 Å². The second-order valence-corrected chi connectivity index (χ2v) is 3.25. The predicted molar refractivity (Wildman–Crippen MR) is 52.5 cm³/mol. The number of morpholine rings is 1. The minimum atomic E-state index is -0.0255. The summed E-state index contributed by atoms with van der Waals surface area (Å²) in [5.74, 6) is 0. The summed E-state index contributed by atoms with van der Waals surface area (Å²) in [5.41, 5.74) is 1.08. The van der Waals surface area contributed by atoms with Crippen LogP contribution in [-0.4, -0.2) is 24.8 Å². The minimum Gasteiger partial charge on any atom is -0.377 e. The van der Waals surface area contributed by atoms with Crippen LogP contribution in [0.1, 0.15) is 11.6 Å². The highest BCUT2D eigenvalue weighted by atomic mass is 16.5. The summed E-state index contributed by atoms with van der Waals surface area (Å²) in [6.07, 6.45) is 0. The zero-order chi connectivity index (χ0) is 9.80. The lowest BCUT2D eigenvalue weighted by atomic mass is 10.1. The van der Waals surface area contributed by atoms with Crippen molar-refractivity contribution in [1.29, 1.82) is 0 Å². The summed E-state index contributed by atoms with van der Waals surface area (Å²) in [5, 5.41) is 4.55. The SMILES string of the molecule is O=NN1CCOC[C@@H]1c1ccccc1. The van der Waals surface area contributed by atoms with Gasteiger partial charge in [0.05, 0.1) is 31.1 Å². The Bertz CT molecular complexity index is 302. The molecule has 0 radical (unpaired) electrons. The molecule has 4 nitrogen and oxygen atoms in total. The van der Waals surface area contributed by atoms with Crippen LogP contribution in [0.25, 0.3) is 0 Å². The molecule has 1 aromatic rings. The fourth-order valence-corrected chi connectivity index (χ4v) is 1.64. The topological polar surface area (TPSA) is 41.9 Å². The molecule has 0 aliphatic carbocycles. The summed E-state index contributed by atoms with van der Waals surface area (Å²) in [4.78, 5) is 10.6. The standard InChI is InChI=1S/C10H12N2O2/c13-11-12-6-7-14-8-10(12)9-4-2-1-3-5-9/h1-5,10H,6-8H2/t10-/m1/s1. The van der Waals surface area contributed by atoms with Crippen molar-refractivity contribution in [1.82, 2.24) is 5.01 Å². The zero-order valence-electron chi connectivity index (χ0n) is 7.80. The van der Waals surface area contributed by atoms with Crippen LogP contribution in [0.5, 0.6) is 0 Å². The van der Waals surface area contributed by atoms with E-state index >= 15 is 0 Å². The van der Waals surface area contributed by atoms with Gasteiger partial charge in [-0.25, -0.2) is 5.01 Å². The van der Waals surface area contributed by atoms with Gasteiger partial charge < -0.3 is 4.74 Å². The van der Waals surface area contributed by atoms with Crippen LogP contribution in [0.3, 0.4) is 0 Å². The fraction of sp³-hybridized carbons (Fsp3) is 0.400. The summed E-state index contributed by atoms with van der Waals surface area (Å²) in [6.45, 7) is 1.69. The molecule has 1 heterocycles. The molecule has 0 spiro atoms. The smallest absolute Gasteiger partial charge is 0.0986 e. The number of hydrogen-bond donors (Lipinski definition) is 0. The highest BCUT2D eigenvalue weighted by Crippen LogP contribution is 2.23. The van der Waals surface area contributed by atoms with E-state index < -0.39 is 0 Å². The first-order valence-corrected chi connectivity index (χ1v) is 4.64. The second-order valence-electron chi connectivity index (χ2n) is 3.25. The Hall–Kier alpha value is -1.42. The zero-order valence-corrected chi connectivity index (χ0v) is 7.80. The molecule has 0 unspecified atom stereocenters. The van der Waals surface area contributed by atoms with Crippen LogP contribution in [0.4, 0.5) is 0 Å². The summed E-state index contributed by atoms with van der Waals surface area (Å²) >= 11 is 0. The molecule has 1 aliphatic rings. The van der Waals surface area contributed by atoms with Crippen LogP contribution in [0.15, 0.2) is 35.6 Å². The molecule has 1 saturated heterocycles. The largest absolute Gasteiger partial charge is 0.377 e. The van der Waals surface area contributed by atoms with Gasteiger partial charge in [-0.1, -0.05) is 30.3 Å². The van der Waals surface area contributed by atoms with E-state index in [0.29, 0.717) is 19.8 Å². The lowest BCUT2D eigenvalue weighted by Crippen LogP contribution is -2.35. The first-order valence-electron chi connectivity index (χ1n) is 4.64. The summed E-state index contributed by atoms with van der Waals surface area (Å²) in [6, 6.07) is 9.79. The minimum absolute atomic E-state index is 0.0255. The number of benzene rings is 1. The van der Waals surface area contributed by atoms with E-state index in [1.165, 1.54) is 0 Å². The predicted octanol–water partition coefficient (Wildman–Crippen LogP) is 1.74. The first-order chi connectivity index (χ1) is 6.92. The molecule has 1 fully saturated rings. The maximum Gasteiger partial charge on any atom is 0.0986 e. The Morgan fingerprint density at radius 1 is 1.36 bits per heavy atom. The van der Waals surface area contributed by atoms with Crippen molar-refractivity contribution in [3.8, 4) is 0 Å². The van der Waals surface area contributed by atoms with Crippen LogP contribution < -0.4 is 0 Å². The molecule has 1 aliphatic heterocycles. The third kappa shape index (κ3) is 1.75. The van der Waals surface area contributed by atoms with Gasteiger partial charge in [0.1, 0.15) is 0 Å². The molecule has 1 atom stereocenters. The number of nitroso groups, excluding NO2 is 1. The molecule has 2 rings (SSSR count). The van der Waals surface area contributed by atoms with Crippen molar-refractivity contribution in [2.75, 3.05) is 19.8 Å². The Kier molecular flexibility index (Phi) is 2.74. The first kappa shape index (κ1) is 9.15. The normalized spacial score (nSPS) is 22.0. The van der Waals surface area contributed by atoms with E-state index in [1.54, 1.807) is 5.01 Å². The van der Waals surface area contributed by atoms with Crippen molar-refractivity contribution < 1.29 is 4.74 Å². The molecule has 14 heavy (non-hydrogen) atoms. The van der Waals surface area contributed by atoms with E-state index in [9.17, 15) is 4.91 Å². The van der Waals surface area contributed by atoms with Crippen molar-refractivity contribution in [3.63, 3.8) is 0 Å². The van der Waals surface area contributed by atoms with Crippen LogP contribution in [0.2, 0.25) is 0 Å². The van der Waals surface area contributed by atoms with Gasteiger partial charge in [0.2, 0.25) is 0 Å². The highest BCUT2D eigenvalue weighted by molar-refractivity contribution is 5.19. The van der Waals surface area contributed by atoms with Crippen molar-refractivity contribution >= 4 is 0 Å². The molecular formula is C10H12N2O2. The highest BCUT2D eigenvalue weighted by Gasteiger charge is 2.23. The molecule has 0 saturated carbocycles. The van der Waals surface area contributed by atoms with Gasteiger partial charge in [-0.15, -0.1) is 4.91 Å². The van der Waals surface area contributed by atoms with Gasteiger partial charge in [-0.3, -0.25) is 0 Å². The van der Waals surface area contributed by atoms with Gasteiger partial charge in [0.25, 0.3) is 0 Å². The number of nitrogens with zero attached hydrogens (tertiary/aromatic N) is 2. The Morgan fingerprint density at radius 2 is 2.14 bits per heavy atom. The second kappa shape index (κ2) is 4.19. The van der Waals surface area contributed by atoms with Crippen molar-refractivity contribution in [2.24, 2.45) is 5.29 Å². The molecule has 74 valence electrons. The average molecular weight is 192 g/mol. The molecular weight excluding hydrogens is 180 g/mol. The fourth-order valence-electron chi connectivity index (χ4n) is 1.64. The third-order valence-corrected chi connectivity index (χ3v) is 2.39. The quantitative estimate of drug-likeness (QED) is 0.670. The maximum atomic E-state index is 10.6. The van der Waals surface area contributed by atoms with E-state index in [4.69, 9.17) is 4.74 Å². The molecule has 1 aromatic carbocycles. The Morgan fingerprint density at radius 3 is 2.86 bits per heavy atom. The van der Waals surface area contributed by atoms with Crippen molar-refractivity contribution in [2.45, 2.75) is 6.04 Å². The number of ether oxygens (including phenoxy) is 1.